The number of nitrogens with zero attached hydrogens (tertiary/aromatic N) is 1. The molecule has 0 radical (unpaired) electrons. The summed E-state index contributed by atoms with van der Waals surface area (Å²) in [5.74, 6) is 1.19. The fraction of sp³-hybridized carbons (Fsp3) is 0.611. The molecular weight excluding hydrogens is 308 g/mol. The summed E-state index contributed by atoms with van der Waals surface area (Å²) in [6.07, 6.45) is 0.168. The van der Waals surface area contributed by atoms with Crippen LogP contribution in [0.1, 0.15) is 5.56 Å². The summed E-state index contributed by atoms with van der Waals surface area (Å²) in [6.45, 7) is 4.29. The molecule has 0 spiro atoms. The summed E-state index contributed by atoms with van der Waals surface area (Å²) < 4.78 is 16.0. The largest absolute Gasteiger partial charge is 0.497 e. The van der Waals surface area contributed by atoms with E-state index >= 15 is 0 Å². The third kappa shape index (κ3) is 3.88. The van der Waals surface area contributed by atoms with Crippen molar-refractivity contribution >= 4 is 5.91 Å². The number of ether oxygens (including phenoxy) is 3. The van der Waals surface area contributed by atoms with Gasteiger partial charge in [-0.2, -0.15) is 0 Å². The molecule has 1 N–H and O–H groups in total. The van der Waals surface area contributed by atoms with Gasteiger partial charge in [0.05, 0.1) is 32.3 Å². The molecule has 1 amide bonds. The maximum atomic E-state index is 12.3. The van der Waals surface area contributed by atoms with Crippen molar-refractivity contribution in [3.05, 3.63) is 29.8 Å². The Morgan fingerprint density at radius 3 is 2.79 bits per heavy atom. The number of benzene rings is 1. The number of carbonyl (C=O) groups excluding carboxylic acids is 1. The molecular formula is C18H26N2O4. The lowest BCUT2D eigenvalue weighted by Gasteiger charge is -2.19. The number of nitrogens with one attached hydrogen (secondary N) is 1. The predicted octanol–water partition coefficient (Wildman–Crippen LogP) is 0.905. The molecule has 24 heavy (non-hydrogen) atoms. The lowest BCUT2D eigenvalue weighted by atomic mass is 9.92. The Kier molecular flexibility index (Phi) is 5.71. The van der Waals surface area contributed by atoms with E-state index in [0.29, 0.717) is 19.8 Å². The van der Waals surface area contributed by atoms with Crippen LogP contribution in [0.15, 0.2) is 24.3 Å². The summed E-state index contributed by atoms with van der Waals surface area (Å²) in [7, 11) is 3.31. The quantitative estimate of drug-likeness (QED) is 0.751. The molecule has 2 aliphatic rings. The van der Waals surface area contributed by atoms with Crippen LogP contribution in [0.4, 0.5) is 0 Å². The number of hydrogen-bond acceptors (Lipinski definition) is 5. The minimum atomic E-state index is -0.0484. The Balaban J connectivity index is 1.53. The van der Waals surface area contributed by atoms with Gasteiger partial charge in [-0.05, 0) is 17.7 Å². The molecule has 2 heterocycles. The fourth-order valence-corrected chi connectivity index (χ4v) is 3.59. The maximum Gasteiger partial charge on any atom is 0.225 e. The third-order valence-electron chi connectivity index (χ3n) is 4.90. The molecule has 2 fully saturated rings. The first-order valence-electron chi connectivity index (χ1n) is 8.45. The van der Waals surface area contributed by atoms with E-state index in [-0.39, 0.29) is 23.8 Å². The molecule has 132 valence electrons. The van der Waals surface area contributed by atoms with Crippen molar-refractivity contribution in [3.63, 3.8) is 0 Å². The van der Waals surface area contributed by atoms with Gasteiger partial charge in [-0.1, -0.05) is 12.1 Å². The van der Waals surface area contributed by atoms with E-state index in [2.05, 4.69) is 22.3 Å². The van der Waals surface area contributed by atoms with E-state index in [0.717, 1.165) is 25.4 Å². The van der Waals surface area contributed by atoms with Crippen LogP contribution in [0.25, 0.3) is 0 Å². The van der Waals surface area contributed by atoms with Gasteiger partial charge in [0, 0.05) is 39.2 Å². The Hall–Kier alpha value is -1.63. The normalized spacial score (nSPS) is 26.3. The first-order chi connectivity index (χ1) is 11.7. The summed E-state index contributed by atoms with van der Waals surface area (Å²) in [5.41, 5.74) is 1.25. The van der Waals surface area contributed by atoms with Crippen molar-refractivity contribution in [2.45, 2.75) is 12.6 Å². The molecule has 6 heteroatoms. The van der Waals surface area contributed by atoms with Gasteiger partial charge in [-0.15, -0.1) is 0 Å². The second-order valence-corrected chi connectivity index (χ2v) is 6.47. The summed E-state index contributed by atoms with van der Waals surface area (Å²) >= 11 is 0. The van der Waals surface area contributed by atoms with E-state index in [1.54, 1.807) is 14.2 Å². The summed E-state index contributed by atoms with van der Waals surface area (Å²) in [5, 5.41) is 2.94. The van der Waals surface area contributed by atoms with Gasteiger partial charge in [-0.25, -0.2) is 0 Å². The Morgan fingerprint density at radius 1 is 1.29 bits per heavy atom. The monoisotopic (exact) mass is 334 g/mol. The van der Waals surface area contributed by atoms with Crippen LogP contribution < -0.4 is 10.1 Å². The van der Waals surface area contributed by atoms with E-state index in [9.17, 15) is 4.79 Å². The number of rotatable bonds is 7. The molecule has 6 nitrogen and oxygen atoms in total. The fourth-order valence-electron chi connectivity index (χ4n) is 3.59. The Bertz CT molecular complexity index is 548. The highest BCUT2D eigenvalue weighted by atomic mass is 16.5. The lowest BCUT2D eigenvalue weighted by Crippen LogP contribution is -2.38. The van der Waals surface area contributed by atoms with Crippen molar-refractivity contribution in [1.82, 2.24) is 10.2 Å². The van der Waals surface area contributed by atoms with E-state index in [1.165, 1.54) is 5.56 Å². The van der Waals surface area contributed by atoms with E-state index in [4.69, 9.17) is 14.2 Å². The van der Waals surface area contributed by atoms with Crippen molar-refractivity contribution in [2.24, 2.45) is 11.8 Å². The van der Waals surface area contributed by atoms with Gasteiger partial charge in [-0.3, -0.25) is 9.69 Å². The minimum absolute atomic E-state index is 0.0484. The first kappa shape index (κ1) is 17.2. The van der Waals surface area contributed by atoms with Gasteiger partial charge in [0.25, 0.3) is 0 Å². The molecule has 0 saturated carbocycles. The molecule has 0 aliphatic carbocycles. The van der Waals surface area contributed by atoms with Gasteiger partial charge in [0.2, 0.25) is 5.91 Å². The predicted molar refractivity (Wildman–Crippen MR) is 89.9 cm³/mol. The molecule has 2 saturated heterocycles. The zero-order valence-corrected chi connectivity index (χ0v) is 14.4. The number of hydrogen-bond donors (Lipinski definition) is 1. The van der Waals surface area contributed by atoms with Crippen LogP contribution >= 0.6 is 0 Å². The highest BCUT2D eigenvalue weighted by Crippen LogP contribution is 2.34. The average molecular weight is 334 g/mol. The first-order valence-corrected chi connectivity index (χ1v) is 8.45. The molecule has 0 aromatic heterocycles. The summed E-state index contributed by atoms with van der Waals surface area (Å²) in [6, 6.07) is 8.13. The van der Waals surface area contributed by atoms with Crippen LogP contribution in [-0.4, -0.2) is 64.0 Å². The van der Waals surface area contributed by atoms with Gasteiger partial charge < -0.3 is 19.5 Å². The van der Waals surface area contributed by atoms with Crippen LogP contribution in [0.5, 0.6) is 5.75 Å². The summed E-state index contributed by atoms with van der Waals surface area (Å²) in [4.78, 5) is 14.7. The van der Waals surface area contributed by atoms with Crippen molar-refractivity contribution in [2.75, 3.05) is 47.1 Å². The average Bonchev–Trinajstić information content (AvgIpc) is 3.15. The van der Waals surface area contributed by atoms with Crippen molar-refractivity contribution in [1.29, 1.82) is 0 Å². The zero-order chi connectivity index (χ0) is 16.9. The molecule has 1 aromatic rings. The second kappa shape index (κ2) is 7.96. The third-order valence-corrected chi connectivity index (χ3v) is 4.90. The number of carbonyl (C=O) groups is 1. The number of likely N-dealkylation sites (tertiary alicyclic amines) is 1. The van der Waals surface area contributed by atoms with Crippen molar-refractivity contribution < 1.29 is 19.0 Å². The van der Waals surface area contributed by atoms with Gasteiger partial charge in [0.15, 0.2) is 0 Å². The Labute approximate surface area is 143 Å². The molecule has 3 rings (SSSR count). The molecule has 0 unspecified atom stereocenters. The molecule has 0 bridgehead atoms. The smallest absolute Gasteiger partial charge is 0.225 e. The van der Waals surface area contributed by atoms with Gasteiger partial charge in [0.1, 0.15) is 5.75 Å². The zero-order valence-electron chi connectivity index (χ0n) is 14.4. The van der Waals surface area contributed by atoms with Crippen molar-refractivity contribution in [3.8, 4) is 5.75 Å². The van der Waals surface area contributed by atoms with Gasteiger partial charge >= 0.3 is 0 Å². The standard InChI is InChI=1S/C18H26N2O4/c1-22-8-7-19-18(21)16-12-24-17-11-20(10-15(16)17)9-13-3-5-14(23-2)6-4-13/h3-6,15-17H,7-12H2,1-2H3,(H,19,21)/t15-,16+,17-/m1/s1. The number of amides is 1. The molecule has 1 aromatic carbocycles. The molecule has 2 aliphatic heterocycles. The van der Waals surface area contributed by atoms with Crippen LogP contribution in [0.3, 0.4) is 0 Å². The Morgan fingerprint density at radius 2 is 2.08 bits per heavy atom. The second-order valence-electron chi connectivity index (χ2n) is 6.47. The lowest BCUT2D eigenvalue weighted by molar-refractivity contribution is -0.126. The van der Waals surface area contributed by atoms with E-state index < -0.39 is 0 Å². The highest BCUT2D eigenvalue weighted by Gasteiger charge is 2.46. The van der Waals surface area contributed by atoms with Crippen LogP contribution in [0, 0.1) is 11.8 Å². The van der Waals surface area contributed by atoms with Crippen LogP contribution in [0.2, 0.25) is 0 Å². The number of methoxy groups -OCH3 is 2. The van der Waals surface area contributed by atoms with E-state index in [1.807, 2.05) is 12.1 Å². The molecule has 3 atom stereocenters. The van der Waals surface area contributed by atoms with Crippen LogP contribution in [-0.2, 0) is 20.8 Å². The topological polar surface area (TPSA) is 60.0 Å². The highest BCUT2D eigenvalue weighted by molar-refractivity contribution is 5.79. The SMILES string of the molecule is COCCNC(=O)[C@H]1CO[C@@H]2CN(Cc3ccc(OC)cc3)C[C@H]12. The maximum absolute atomic E-state index is 12.3. The minimum Gasteiger partial charge on any atom is -0.497 e. The number of fused-ring (bicyclic) bond motifs is 1.